The third-order valence-corrected chi connectivity index (χ3v) is 3.78. The number of sulfonamides is 1. The van der Waals surface area contributed by atoms with Gasteiger partial charge in [-0.3, -0.25) is 4.98 Å². The van der Waals surface area contributed by atoms with Crippen LogP contribution in [0.5, 0.6) is 0 Å². The van der Waals surface area contributed by atoms with Crippen LogP contribution in [0.1, 0.15) is 0 Å². The van der Waals surface area contributed by atoms with Crippen LogP contribution in [0, 0.1) is 0 Å². The number of hydrogen-bond acceptors (Lipinski definition) is 5. The van der Waals surface area contributed by atoms with E-state index in [4.69, 9.17) is 21.8 Å². The smallest absolute Gasteiger partial charge is 0.244 e. The zero-order valence-electron chi connectivity index (χ0n) is 8.17. The van der Waals surface area contributed by atoms with Gasteiger partial charge in [0.1, 0.15) is 4.90 Å². The Bertz CT molecular complexity index is 447. The molecule has 0 aliphatic heterocycles. The average molecular weight is 267 g/mol. The van der Waals surface area contributed by atoms with E-state index in [-0.39, 0.29) is 9.92 Å². The van der Waals surface area contributed by atoms with Crippen molar-refractivity contribution in [1.82, 2.24) is 9.71 Å². The first-order chi connectivity index (χ1) is 7.51. The highest BCUT2D eigenvalue weighted by Gasteiger charge is 2.21. The lowest BCUT2D eigenvalue weighted by molar-refractivity contribution is 0.185. The van der Waals surface area contributed by atoms with E-state index in [9.17, 15) is 8.42 Å². The summed E-state index contributed by atoms with van der Waals surface area (Å²) in [5.41, 5.74) is 0. The summed E-state index contributed by atoms with van der Waals surface area (Å²) in [5, 5.41) is 17.6. The standard InChI is InChI=1S/C8H11ClN2O4S/c9-7-1-2-10-3-8(7)16(14,15)11-6(4-12)5-13/h1-3,6,11-13H,4-5H2. The maximum atomic E-state index is 11.7. The van der Waals surface area contributed by atoms with Crippen LogP contribution in [-0.4, -0.2) is 42.9 Å². The van der Waals surface area contributed by atoms with Crippen LogP contribution in [0.4, 0.5) is 0 Å². The van der Waals surface area contributed by atoms with Crippen LogP contribution < -0.4 is 4.72 Å². The van der Waals surface area contributed by atoms with Gasteiger partial charge in [-0.15, -0.1) is 0 Å². The minimum Gasteiger partial charge on any atom is -0.395 e. The second kappa shape index (κ2) is 5.55. The Balaban J connectivity index is 2.99. The van der Waals surface area contributed by atoms with E-state index in [1.165, 1.54) is 12.3 Å². The Labute approximate surface area is 97.9 Å². The van der Waals surface area contributed by atoms with Crippen molar-refractivity contribution in [2.45, 2.75) is 10.9 Å². The van der Waals surface area contributed by atoms with Gasteiger partial charge in [0.2, 0.25) is 10.0 Å². The molecule has 0 fully saturated rings. The molecule has 0 saturated carbocycles. The molecule has 0 spiro atoms. The first kappa shape index (κ1) is 13.3. The minimum atomic E-state index is -3.88. The molecule has 0 atom stereocenters. The van der Waals surface area contributed by atoms with Gasteiger partial charge in [-0.25, -0.2) is 13.1 Å². The zero-order valence-corrected chi connectivity index (χ0v) is 9.74. The lowest BCUT2D eigenvalue weighted by atomic mass is 10.4. The zero-order chi connectivity index (χ0) is 12.2. The number of hydrogen-bond donors (Lipinski definition) is 3. The molecule has 0 bridgehead atoms. The number of rotatable bonds is 5. The van der Waals surface area contributed by atoms with Crippen LogP contribution in [0.25, 0.3) is 0 Å². The van der Waals surface area contributed by atoms with Crippen LogP contribution in [-0.2, 0) is 10.0 Å². The topological polar surface area (TPSA) is 99.5 Å². The van der Waals surface area contributed by atoms with Crippen LogP contribution >= 0.6 is 11.6 Å². The normalized spacial score (nSPS) is 12.0. The Kier molecular flexibility index (Phi) is 4.63. The summed E-state index contributed by atoms with van der Waals surface area (Å²) < 4.78 is 25.5. The van der Waals surface area contributed by atoms with Gasteiger partial charge in [-0.05, 0) is 6.07 Å². The number of nitrogens with one attached hydrogen (secondary N) is 1. The fourth-order valence-electron chi connectivity index (χ4n) is 0.976. The van der Waals surface area contributed by atoms with E-state index in [1.54, 1.807) is 0 Å². The summed E-state index contributed by atoms with van der Waals surface area (Å²) in [6, 6.07) is 0.379. The molecular formula is C8H11ClN2O4S. The van der Waals surface area contributed by atoms with E-state index >= 15 is 0 Å². The Morgan fingerprint density at radius 3 is 2.56 bits per heavy atom. The summed E-state index contributed by atoms with van der Waals surface area (Å²) in [7, 11) is -3.88. The number of aromatic nitrogens is 1. The molecule has 1 aromatic rings. The van der Waals surface area contributed by atoms with Crippen LogP contribution in [0.3, 0.4) is 0 Å². The van der Waals surface area contributed by atoms with E-state index in [0.29, 0.717) is 0 Å². The van der Waals surface area contributed by atoms with Gasteiger partial charge in [0.25, 0.3) is 0 Å². The van der Waals surface area contributed by atoms with E-state index < -0.39 is 29.3 Å². The Hall–Kier alpha value is -0.730. The average Bonchev–Trinajstić information content (AvgIpc) is 2.26. The second-order valence-electron chi connectivity index (χ2n) is 2.99. The SMILES string of the molecule is O=S(=O)(NC(CO)CO)c1cnccc1Cl. The highest BCUT2D eigenvalue weighted by atomic mass is 35.5. The van der Waals surface area contributed by atoms with Crippen molar-refractivity contribution in [2.24, 2.45) is 0 Å². The van der Waals surface area contributed by atoms with E-state index in [2.05, 4.69) is 9.71 Å². The highest BCUT2D eigenvalue weighted by Crippen LogP contribution is 2.19. The number of aliphatic hydroxyl groups is 2. The van der Waals surface area contributed by atoms with Crippen molar-refractivity contribution in [1.29, 1.82) is 0 Å². The molecule has 0 radical (unpaired) electrons. The molecule has 0 amide bonds. The van der Waals surface area contributed by atoms with Gasteiger partial charge in [-0.1, -0.05) is 11.6 Å². The third kappa shape index (κ3) is 3.13. The molecule has 3 N–H and O–H groups in total. The molecule has 0 saturated heterocycles. The van der Waals surface area contributed by atoms with Gasteiger partial charge < -0.3 is 10.2 Å². The number of halogens is 1. The molecule has 0 aliphatic rings. The van der Waals surface area contributed by atoms with Gasteiger partial charge in [0.15, 0.2) is 0 Å². The summed E-state index contributed by atoms with van der Waals surface area (Å²) in [6.07, 6.45) is 2.45. The molecule has 16 heavy (non-hydrogen) atoms. The molecule has 90 valence electrons. The molecule has 1 aromatic heterocycles. The summed E-state index contributed by atoms with van der Waals surface area (Å²) in [5.74, 6) is 0. The van der Waals surface area contributed by atoms with Crippen LogP contribution in [0.2, 0.25) is 5.02 Å². The van der Waals surface area contributed by atoms with Crippen molar-refractivity contribution in [2.75, 3.05) is 13.2 Å². The molecule has 1 rings (SSSR count). The molecule has 0 aliphatic carbocycles. The number of pyridine rings is 1. The first-order valence-corrected chi connectivity index (χ1v) is 6.21. The third-order valence-electron chi connectivity index (χ3n) is 1.79. The number of nitrogens with zero attached hydrogens (tertiary/aromatic N) is 1. The fraction of sp³-hybridized carbons (Fsp3) is 0.375. The molecular weight excluding hydrogens is 256 g/mol. The van der Waals surface area contributed by atoms with Crippen molar-refractivity contribution in [3.63, 3.8) is 0 Å². The van der Waals surface area contributed by atoms with Crippen molar-refractivity contribution in [3.8, 4) is 0 Å². The minimum absolute atomic E-state index is 0.0251. The van der Waals surface area contributed by atoms with Gasteiger partial charge in [0, 0.05) is 12.4 Å². The van der Waals surface area contributed by atoms with Gasteiger partial charge in [-0.2, -0.15) is 0 Å². The maximum Gasteiger partial charge on any atom is 0.244 e. The molecule has 0 unspecified atom stereocenters. The highest BCUT2D eigenvalue weighted by molar-refractivity contribution is 7.89. The Morgan fingerprint density at radius 2 is 2.06 bits per heavy atom. The lowest BCUT2D eigenvalue weighted by Crippen LogP contribution is -2.40. The second-order valence-corrected chi connectivity index (χ2v) is 5.08. The summed E-state index contributed by atoms with van der Waals surface area (Å²) in [4.78, 5) is 3.45. The van der Waals surface area contributed by atoms with Gasteiger partial charge >= 0.3 is 0 Å². The quantitative estimate of drug-likeness (QED) is 0.659. The van der Waals surface area contributed by atoms with E-state index in [1.807, 2.05) is 0 Å². The Morgan fingerprint density at radius 1 is 1.44 bits per heavy atom. The lowest BCUT2D eigenvalue weighted by Gasteiger charge is -2.13. The summed E-state index contributed by atoms with van der Waals surface area (Å²) >= 11 is 5.69. The van der Waals surface area contributed by atoms with Crippen molar-refractivity contribution >= 4 is 21.6 Å². The summed E-state index contributed by atoms with van der Waals surface area (Å²) in [6.45, 7) is -1.01. The largest absolute Gasteiger partial charge is 0.395 e. The van der Waals surface area contributed by atoms with Crippen LogP contribution in [0.15, 0.2) is 23.4 Å². The van der Waals surface area contributed by atoms with Crippen molar-refractivity contribution in [3.05, 3.63) is 23.5 Å². The number of aliphatic hydroxyl groups excluding tert-OH is 2. The van der Waals surface area contributed by atoms with E-state index in [0.717, 1.165) is 6.20 Å². The maximum absolute atomic E-state index is 11.7. The predicted molar refractivity (Wildman–Crippen MR) is 57.5 cm³/mol. The molecule has 0 aromatic carbocycles. The molecule has 6 nitrogen and oxygen atoms in total. The molecule has 8 heteroatoms. The molecule has 1 heterocycles. The predicted octanol–water partition coefficient (Wildman–Crippen LogP) is -0.633. The fourth-order valence-corrected chi connectivity index (χ4v) is 2.63. The van der Waals surface area contributed by atoms with Gasteiger partial charge in [0.05, 0.1) is 24.3 Å². The first-order valence-electron chi connectivity index (χ1n) is 4.35. The van der Waals surface area contributed by atoms with Crippen molar-refractivity contribution < 1.29 is 18.6 Å². The monoisotopic (exact) mass is 266 g/mol.